The fourth-order valence-corrected chi connectivity index (χ4v) is 5.25. The van der Waals surface area contributed by atoms with Gasteiger partial charge in [-0.1, -0.05) is 0 Å². The Morgan fingerprint density at radius 1 is 0.931 bits per heavy atom. The highest BCUT2D eigenvalue weighted by atomic mass is 32.2. The second-order valence-corrected chi connectivity index (χ2v) is 9.41. The zero-order valence-electron chi connectivity index (χ0n) is 15.4. The van der Waals surface area contributed by atoms with Crippen molar-refractivity contribution in [1.82, 2.24) is 9.21 Å². The largest absolute Gasteiger partial charge is 0.341 e. The van der Waals surface area contributed by atoms with E-state index in [0.717, 1.165) is 36.0 Å². The number of hydrogen-bond donors (Lipinski definition) is 0. The van der Waals surface area contributed by atoms with Gasteiger partial charge in [0.15, 0.2) is 0 Å². The number of carbonyl (C=O) groups excluding carboxylic acids is 1. The van der Waals surface area contributed by atoms with Crippen LogP contribution in [0.5, 0.6) is 0 Å². The van der Waals surface area contributed by atoms with Crippen molar-refractivity contribution in [1.29, 1.82) is 0 Å². The third-order valence-corrected chi connectivity index (χ3v) is 7.45. The lowest BCUT2D eigenvalue weighted by atomic mass is 10.3. The maximum atomic E-state index is 13.7. The lowest BCUT2D eigenvalue weighted by molar-refractivity contribution is -0.128. The number of hydrogen-bond acceptors (Lipinski definition) is 4. The number of thioether (sulfide) groups is 1. The molecule has 0 unspecified atom stereocenters. The Hall–Kier alpha value is -2.04. The minimum absolute atomic E-state index is 0.000942. The van der Waals surface area contributed by atoms with Crippen LogP contribution in [0.25, 0.3) is 0 Å². The van der Waals surface area contributed by atoms with Crippen LogP contribution >= 0.6 is 11.8 Å². The molecule has 1 aliphatic heterocycles. The average Bonchev–Trinajstić information content (AvgIpc) is 2.94. The molecule has 2 aromatic rings. The number of sulfonamides is 1. The second-order valence-electron chi connectivity index (χ2n) is 6.46. The summed E-state index contributed by atoms with van der Waals surface area (Å²) < 4.78 is 66.5. The number of nitrogens with zero attached hydrogens (tertiary/aromatic N) is 2. The topological polar surface area (TPSA) is 57.7 Å². The van der Waals surface area contributed by atoms with E-state index >= 15 is 0 Å². The normalized spacial score (nSPS) is 15.9. The van der Waals surface area contributed by atoms with Crippen molar-refractivity contribution in [2.24, 2.45) is 0 Å². The van der Waals surface area contributed by atoms with E-state index in [4.69, 9.17) is 0 Å². The Bertz CT molecular complexity index is 985. The van der Waals surface area contributed by atoms with Gasteiger partial charge in [-0.15, -0.1) is 11.8 Å². The molecule has 1 saturated heterocycles. The summed E-state index contributed by atoms with van der Waals surface area (Å²) in [5, 5.41) is 0. The van der Waals surface area contributed by atoms with Crippen LogP contribution in [0.1, 0.15) is 6.42 Å². The van der Waals surface area contributed by atoms with Crippen LogP contribution in [0.3, 0.4) is 0 Å². The quantitative estimate of drug-likeness (QED) is 0.665. The Morgan fingerprint density at radius 2 is 1.62 bits per heavy atom. The van der Waals surface area contributed by atoms with Crippen molar-refractivity contribution >= 4 is 27.7 Å². The minimum atomic E-state index is -3.78. The summed E-state index contributed by atoms with van der Waals surface area (Å²) in [7, 11) is -3.78. The predicted octanol–water partition coefficient (Wildman–Crippen LogP) is 3.12. The first kappa shape index (κ1) is 21.7. The summed E-state index contributed by atoms with van der Waals surface area (Å²) in [4.78, 5) is 14.2. The van der Waals surface area contributed by atoms with Gasteiger partial charge in [0.2, 0.25) is 15.9 Å². The summed E-state index contributed by atoms with van der Waals surface area (Å²) in [6, 6.07) is 7.77. The fraction of sp³-hybridized carbons (Fsp3) is 0.316. The molecule has 1 fully saturated rings. The molecule has 0 bridgehead atoms. The van der Waals surface area contributed by atoms with Crippen molar-refractivity contribution in [3.8, 4) is 0 Å². The Labute approximate surface area is 171 Å². The molecule has 2 aromatic carbocycles. The molecule has 0 aliphatic carbocycles. The molecule has 10 heteroatoms. The highest BCUT2D eigenvalue weighted by molar-refractivity contribution is 8.00. The summed E-state index contributed by atoms with van der Waals surface area (Å²) in [5.41, 5.74) is 0. The molecular formula is C19H19F3N2O3S2. The molecule has 156 valence electrons. The van der Waals surface area contributed by atoms with Gasteiger partial charge in [0, 0.05) is 37.1 Å². The molecule has 0 saturated carbocycles. The fourth-order valence-electron chi connectivity index (χ4n) is 2.96. The molecule has 0 spiro atoms. The van der Waals surface area contributed by atoms with Gasteiger partial charge in [-0.3, -0.25) is 4.79 Å². The number of rotatable bonds is 5. The summed E-state index contributed by atoms with van der Waals surface area (Å²) in [6.45, 7) is 0.927. The van der Waals surface area contributed by atoms with Gasteiger partial charge >= 0.3 is 0 Å². The summed E-state index contributed by atoms with van der Waals surface area (Å²) >= 11 is 0.969. The lowest BCUT2D eigenvalue weighted by Gasteiger charge is -2.22. The molecule has 0 N–H and O–H groups in total. The van der Waals surface area contributed by atoms with Crippen molar-refractivity contribution in [3.05, 3.63) is 59.9 Å². The molecule has 1 aliphatic rings. The molecule has 5 nitrogen and oxygen atoms in total. The van der Waals surface area contributed by atoms with Crippen LogP contribution in [0.15, 0.2) is 52.3 Å². The number of amides is 1. The first-order chi connectivity index (χ1) is 13.8. The van der Waals surface area contributed by atoms with E-state index in [-0.39, 0.29) is 41.1 Å². The van der Waals surface area contributed by atoms with Gasteiger partial charge in [-0.25, -0.2) is 21.6 Å². The maximum absolute atomic E-state index is 13.7. The van der Waals surface area contributed by atoms with Crippen LogP contribution in [0.2, 0.25) is 0 Å². The zero-order valence-corrected chi connectivity index (χ0v) is 17.0. The van der Waals surface area contributed by atoms with Gasteiger partial charge in [-0.2, -0.15) is 4.31 Å². The van der Waals surface area contributed by atoms with Crippen molar-refractivity contribution < 1.29 is 26.4 Å². The van der Waals surface area contributed by atoms with Crippen LogP contribution < -0.4 is 0 Å². The molecule has 1 amide bonds. The molecule has 29 heavy (non-hydrogen) atoms. The number of carbonyl (C=O) groups is 1. The lowest BCUT2D eigenvalue weighted by Crippen LogP contribution is -2.38. The Balaban J connectivity index is 1.60. The summed E-state index contributed by atoms with van der Waals surface area (Å²) in [6.07, 6.45) is 0.446. The second kappa shape index (κ2) is 9.19. The highest BCUT2D eigenvalue weighted by Crippen LogP contribution is 2.23. The van der Waals surface area contributed by atoms with Gasteiger partial charge in [0.1, 0.15) is 17.5 Å². The third-order valence-electron chi connectivity index (χ3n) is 4.50. The van der Waals surface area contributed by atoms with Crippen LogP contribution in [-0.2, 0) is 14.8 Å². The standard InChI is InChI=1S/C19H19F3N2O3S2/c20-14-2-5-16(6-3-14)29(26,27)24-9-1-8-23(10-11-24)19(25)13-28-18-7-4-15(21)12-17(18)22/h2-7,12H,1,8-11,13H2. The smallest absolute Gasteiger partial charge is 0.243 e. The van der Waals surface area contributed by atoms with E-state index in [1.165, 1.54) is 27.4 Å². The van der Waals surface area contributed by atoms with E-state index in [1.807, 2.05) is 0 Å². The highest BCUT2D eigenvalue weighted by Gasteiger charge is 2.28. The summed E-state index contributed by atoms with van der Waals surface area (Å²) in [5.74, 6) is -2.22. The molecule has 3 rings (SSSR count). The third kappa shape index (κ3) is 5.31. The molecular weight excluding hydrogens is 425 g/mol. The average molecular weight is 445 g/mol. The predicted molar refractivity (Wildman–Crippen MR) is 103 cm³/mol. The van der Waals surface area contributed by atoms with Crippen molar-refractivity contribution in [2.45, 2.75) is 16.2 Å². The molecule has 0 aromatic heterocycles. The van der Waals surface area contributed by atoms with Gasteiger partial charge in [-0.05, 0) is 42.8 Å². The van der Waals surface area contributed by atoms with E-state index in [1.54, 1.807) is 0 Å². The van der Waals surface area contributed by atoms with E-state index in [0.29, 0.717) is 13.0 Å². The number of benzene rings is 2. The van der Waals surface area contributed by atoms with Crippen molar-refractivity contribution in [3.63, 3.8) is 0 Å². The van der Waals surface area contributed by atoms with E-state index < -0.39 is 27.5 Å². The van der Waals surface area contributed by atoms with Crippen LogP contribution in [0.4, 0.5) is 13.2 Å². The van der Waals surface area contributed by atoms with E-state index in [2.05, 4.69) is 0 Å². The maximum Gasteiger partial charge on any atom is 0.243 e. The monoisotopic (exact) mass is 444 g/mol. The number of halogens is 3. The first-order valence-electron chi connectivity index (χ1n) is 8.89. The van der Waals surface area contributed by atoms with Gasteiger partial charge in [0.05, 0.1) is 10.6 Å². The van der Waals surface area contributed by atoms with Crippen LogP contribution in [0, 0.1) is 17.5 Å². The minimum Gasteiger partial charge on any atom is -0.341 e. The van der Waals surface area contributed by atoms with Gasteiger partial charge in [0.25, 0.3) is 0 Å². The zero-order chi connectivity index (χ0) is 21.0. The Kier molecular flexibility index (Phi) is 6.86. The van der Waals surface area contributed by atoms with Crippen LogP contribution in [-0.4, -0.2) is 55.5 Å². The molecule has 0 atom stereocenters. The molecule has 1 heterocycles. The SMILES string of the molecule is O=C(CSc1ccc(F)cc1F)N1CCCN(S(=O)(=O)c2ccc(F)cc2)CC1. The first-order valence-corrected chi connectivity index (χ1v) is 11.3. The van der Waals surface area contributed by atoms with Crippen molar-refractivity contribution in [2.75, 3.05) is 31.9 Å². The molecule has 0 radical (unpaired) electrons. The Morgan fingerprint density at radius 3 is 2.31 bits per heavy atom. The van der Waals surface area contributed by atoms with E-state index in [9.17, 15) is 26.4 Å². The van der Waals surface area contributed by atoms with Gasteiger partial charge < -0.3 is 4.90 Å².